The summed E-state index contributed by atoms with van der Waals surface area (Å²) in [6, 6.07) is 12.6. The van der Waals surface area contributed by atoms with Gasteiger partial charge in [-0.2, -0.15) is 0 Å². The monoisotopic (exact) mass is 296 g/mol. The van der Waals surface area contributed by atoms with Crippen LogP contribution in [-0.2, 0) is 0 Å². The third-order valence-corrected chi connectivity index (χ3v) is 3.24. The molecule has 0 atom stereocenters. The van der Waals surface area contributed by atoms with Crippen LogP contribution in [0.5, 0.6) is 17.2 Å². The maximum atomic E-state index is 12.5. The minimum absolute atomic E-state index is 0.169. The van der Waals surface area contributed by atoms with Gasteiger partial charge in [0.05, 0.1) is 12.0 Å². The number of hydrogen-bond acceptors (Lipinski definition) is 4. The van der Waals surface area contributed by atoms with Gasteiger partial charge in [-0.15, -0.1) is 0 Å². The molecular weight excluding hydrogens is 280 g/mol. The van der Waals surface area contributed by atoms with Crippen LogP contribution >= 0.6 is 0 Å². The summed E-state index contributed by atoms with van der Waals surface area (Å²) in [4.78, 5) is 12.5. The molecule has 0 aliphatic rings. The summed E-state index contributed by atoms with van der Waals surface area (Å²) in [6.45, 7) is 4.43. The van der Waals surface area contributed by atoms with E-state index in [-0.39, 0.29) is 11.2 Å². The van der Waals surface area contributed by atoms with Crippen molar-refractivity contribution in [3.8, 4) is 17.2 Å². The van der Waals surface area contributed by atoms with E-state index >= 15 is 0 Å². The Balaban J connectivity index is 1.99. The van der Waals surface area contributed by atoms with E-state index in [0.717, 1.165) is 5.56 Å². The Hall–Kier alpha value is -2.75. The molecule has 0 amide bonds. The second-order valence-corrected chi connectivity index (χ2v) is 4.94. The van der Waals surface area contributed by atoms with Crippen molar-refractivity contribution in [2.24, 2.45) is 0 Å². The van der Waals surface area contributed by atoms with E-state index in [0.29, 0.717) is 29.1 Å². The van der Waals surface area contributed by atoms with Gasteiger partial charge in [0.25, 0.3) is 0 Å². The lowest BCUT2D eigenvalue weighted by atomic mass is 10.2. The fraction of sp³-hybridized carbons (Fsp3) is 0.167. The molecule has 0 saturated carbocycles. The van der Waals surface area contributed by atoms with Gasteiger partial charge in [0, 0.05) is 6.07 Å². The molecule has 0 aliphatic heterocycles. The molecule has 2 aromatic carbocycles. The van der Waals surface area contributed by atoms with Crippen molar-refractivity contribution >= 4 is 11.0 Å². The first-order chi connectivity index (χ1) is 10.7. The number of ether oxygens (including phenoxy) is 2. The van der Waals surface area contributed by atoms with Crippen LogP contribution in [-0.4, -0.2) is 6.61 Å². The van der Waals surface area contributed by atoms with Gasteiger partial charge in [0.1, 0.15) is 23.3 Å². The zero-order valence-electron chi connectivity index (χ0n) is 12.5. The highest BCUT2D eigenvalue weighted by Gasteiger charge is 2.10. The minimum atomic E-state index is -0.203. The summed E-state index contributed by atoms with van der Waals surface area (Å²) in [6.07, 6.45) is 1.34. The Morgan fingerprint density at radius 2 is 1.95 bits per heavy atom. The SMILES string of the molecule is CCOc1ccc2c(=O)c(Oc3cccc(C)c3)coc2c1. The van der Waals surface area contributed by atoms with Gasteiger partial charge in [0.2, 0.25) is 11.2 Å². The molecule has 1 heterocycles. The van der Waals surface area contributed by atoms with Crippen LogP contribution in [0, 0.1) is 6.92 Å². The first-order valence-electron chi connectivity index (χ1n) is 7.10. The van der Waals surface area contributed by atoms with Crippen molar-refractivity contribution in [2.75, 3.05) is 6.61 Å². The van der Waals surface area contributed by atoms with Crippen molar-refractivity contribution in [1.82, 2.24) is 0 Å². The molecule has 0 bridgehead atoms. The van der Waals surface area contributed by atoms with Gasteiger partial charge in [-0.1, -0.05) is 12.1 Å². The molecule has 0 aliphatic carbocycles. The van der Waals surface area contributed by atoms with E-state index in [2.05, 4.69) is 0 Å². The van der Waals surface area contributed by atoms with Gasteiger partial charge < -0.3 is 13.9 Å². The van der Waals surface area contributed by atoms with E-state index in [1.165, 1.54) is 6.26 Å². The average molecular weight is 296 g/mol. The zero-order valence-corrected chi connectivity index (χ0v) is 12.5. The van der Waals surface area contributed by atoms with E-state index in [1.807, 2.05) is 32.0 Å². The summed E-state index contributed by atoms with van der Waals surface area (Å²) in [5.74, 6) is 1.45. The maximum absolute atomic E-state index is 12.5. The van der Waals surface area contributed by atoms with Gasteiger partial charge >= 0.3 is 0 Å². The molecule has 0 saturated heterocycles. The topological polar surface area (TPSA) is 48.7 Å². The van der Waals surface area contributed by atoms with Gasteiger partial charge in [-0.25, -0.2) is 0 Å². The molecule has 4 heteroatoms. The zero-order chi connectivity index (χ0) is 15.5. The summed E-state index contributed by atoms with van der Waals surface area (Å²) in [5, 5.41) is 0.466. The van der Waals surface area contributed by atoms with Crippen molar-refractivity contribution in [3.63, 3.8) is 0 Å². The maximum Gasteiger partial charge on any atom is 0.235 e. The lowest BCUT2D eigenvalue weighted by Gasteiger charge is -2.07. The molecule has 4 nitrogen and oxygen atoms in total. The fourth-order valence-electron chi connectivity index (χ4n) is 2.22. The summed E-state index contributed by atoms with van der Waals surface area (Å²) in [7, 11) is 0. The average Bonchev–Trinajstić information content (AvgIpc) is 2.51. The number of hydrogen-bond donors (Lipinski definition) is 0. The van der Waals surface area contributed by atoms with Crippen molar-refractivity contribution in [3.05, 3.63) is 64.5 Å². The van der Waals surface area contributed by atoms with Crippen molar-refractivity contribution in [1.29, 1.82) is 0 Å². The van der Waals surface area contributed by atoms with E-state index < -0.39 is 0 Å². The van der Waals surface area contributed by atoms with Crippen LogP contribution in [0.25, 0.3) is 11.0 Å². The first kappa shape index (κ1) is 14.2. The lowest BCUT2D eigenvalue weighted by Crippen LogP contribution is -2.05. The van der Waals surface area contributed by atoms with Crippen LogP contribution in [0.4, 0.5) is 0 Å². The molecule has 0 radical (unpaired) electrons. The predicted molar refractivity (Wildman–Crippen MR) is 84.9 cm³/mol. The Kier molecular flexibility index (Phi) is 3.83. The molecule has 0 N–H and O–H groups in total. The standard InChI is InChI=1S/C18H16O4/c1-3-20-13-7-8-15-16(10-13)21-11-17(18(15)19)22-14-6-4-5-12(2)9-14/h4-11H,3H2,1-2H3. The predicted octanol–water partition coefficient (Wildman–Crippen LogP) is 4.29. The molecule has 1 aromatic heterocycles. The van der Waals surface area contributed by atoms with Crippen LogP contribution in [0.15, 0.2) is 57.9 Å². The highest BCUT2D eigenvalue weighted by molar-refractivity contribution is 5.79. The van der Waals surface area contributed by atoms with Crippen LogP contribution in [0.1, 0.15) is 12.5 Å². The van der Waals surface area contributed by atoms with E-state index in [4.69, 9.17) is 13.9 Å². The fourth-order valence-corrected chi connectivity index (χ4v) is 2.22. The number of aryl methyl sites for hydroxylation is 1. The molecule has 112 valence electrons. The Morgan fingerprint density at radius 1 is 1.09 bits per heavy atom. The first-order valence-corrected chi connectivity index (χ1v) is 7.10. The summed E-state index contributed by atoms with van der Waals surface area (Å²) < 4.78 is 16.5. The highest BCUT2D eigenvalue weighted by Crippen LogP contribution is 2.24. The molecule has 0 fully saturated rings. The molecule has 3 rings (SSSR count). The smallest absolute Gasteiger partial charge is 0.235 e. The molecular formula is C18H16O4. The van der Waals surface area contributed by atoms with Crippen LogP contribution < -0.4 is 14.9 Å². The summed E-state index contributed by atoms with van der Waals surface area (Å²) >= 11 is 0. The van der Waals surface area contributed by atoms with Gasteiger partial charge in [-0.3, -0.25) is 4.79 Å². The Labute approximate surface area is 127 Å². The highest BCUT2D eigenvalue weighted by atomic mass is 16.5. The third kappa shape index (κ3) is 2.81. The largest absolute Gasteiger partial charge is 0.494 e. The molecule has 3 aromatic rings. The third-order valence-electron chi connectivity index (χ3n) is 3.24. The molecule has 0 spiro atoms. The Morgan fingerprint density at radius 3 is 2.73 bits per heavy atom. The second kappa shape index (κ2) is 5.93. The quantitative estimate of drug-likeness (QED) is 0.720. The molecule has 22 heavy (non-hydrogen) atoms. The number of benzene rings is 2. The lowest BCUT2D eigenvalue weighted by molar-refractivity contribution is 0.340. The van der Waals surface area contributed by atoms with Crippen LogP contribution in [0.3, 0.4) is 0 Å². The van der Waals surface area contributed by atoms with Crippen molar-refractivity contribution in [2.45, 2.75) is 13.8 Å². The summed E-state index contributed by atoms with van der Waals surface area (Å²) in [5.41, 5.74) is 1.34. The van der Waals surface area contributed by atoms with Gasteiger partial charge in [-0.05, 0) is 43.7 Å². The van der Waals surface area contributed by atoms with E-state index in [9.17, 15) is 4.79 Å². The minimum Gasteiger partial charge on any atom is -0.494 e. The Bertz CT molecular complexity index is 864. The molecule has 0 unspecified atom stereocenters. The number of fused-ring (bicyclic) bond motifs is 1. The normalized spacial score (nSPS) is 10.6. The van der Waals surface area contributed by atoms with E-state index in [1.54, 1.807) is 24.3 Å². The van der Waals surface area contributed by atoms with Crippen LogP contribution in [0.2, 0.25) is 0 Å². The van der Waals surface area contributed by atoms with Gasteiger partial charge in [0.15, 0.2) is 0 Å². The second-order valence-electron chi connectivity index (χ2n) is 4.94. The number of rotatable bonds is 4. The van der Waals surface area contributed by atoms with Crippen molar-refractivity contribution < 1.29 is 13.9 Å².